The van der Waals surface area contributed by atoms with Gasteiger partial charge < -0.3 is 39.6 Å². The van der Waals surface area contributed by atoms with Gasteiger partial charge in [0.25, 0.3) is 11.7 Å². The zero-order valence-electron chi connectivity index (χ0n) is 21.4. The maximum atomic E-state index is 12.8. The monoisotopic (exact) mass is 573 g/mol. The van der Waals surface area contributed by atoms with Crippen molar-refractivity contribution in [2.75, 3.05) is 11.5 Å². The van der Waals surface area contributed by atoms with E-state index in [-0.39, 0.29) is 59.5 Å². The summed E-state index contributed by atoms with van der Waals surface area (Å²) in [6.45, 7) is 5.88. The predicted octanol–water partition coefficient (Wildman–Crippen LogP) is -1.53. The number of hydrogen-bond donors (Lipinski definition) is 5. The summed E-state index contributed by atoms with van der Waals surface area (Å²) in [5, 5.41) is 15.5. The number of nitrogens with one attached hydrogen (secondary N) is 2. The van der Waals surface area contributed by atoms with Gasteiger partial charge in [0.1, 0.15) is 12.3 Å². The van der Waals surface area contributed by atoms with Crippen LogP contribution >= 0.6 is 11.6 Å². The summed E-state index contributed by atoms with van der Waals surface area (Å²) in [5.41, 5.74) is 14.5. The van der Waals surface area contributed by atoms with Crippen LogP contribution in [0.4, 0.5) is 11.6 Å². The standard InChI is InChI=1S/C25H28ClN9O3.ClH/c1-3-34-16-8-7-14(12-30-19(37)11-15-18(36)6-5-9-29-15)10-17(16)35(4-2)20(34)13-31-25(38)21-23(27)33-24(28)22(26)32-21;/h5-10H,3-4,11-13H2,1-2H3,(H6-,27,28,30,31,33,36,37,38);1H. The molecule has 12 nitrogen and oxygen atoms in total. The molecule has 0 saturated heterocycles. The van der Waals surface area contributed by atoms with Gasteiger partial charge in [0.15, 0.2) is 33.5 Å². The van der Waals surface area contributed by atoms with E-state index in [1.54, 1.807) is 6.07 Å². The molecule has 3 heterocycles. The number of nitrogens with two attached hydrogens (primary N) is 2. The number of aryl methyl sites for hydroxylation is 2. The van der Waals surface area contributed by atoms with Crippen LogP contribution in [0.2, 0.25) is 5.15 Å². The average molecular weight is 574 g/mol. The first-order chi connectivity index (χ1) is 18.2. The second-order valence-electron chi connectivity index (χ2n) is 8.47. The van der Waals surface area contributed by atoms with Gasteiger partial charge in [0.05, 0.1) is 25.2 Å². The lowest BCUT2D eigenvalue weighted by molar-refractivity contribution is -0.676. The van der Waals surface area contributed by atoms with Crippen molar-refractivity contribution < 1.29 is 31.7 Å². The molecule has 0 aliphatic heterocycles. The fraction of sp³-hybridized carbons (Fsp3) is 0.280. The molecule has 0 atom stereocenters. The number of nitrogen functional groups attached to an aromatic ring is 2. The molecule has 3 aromatic heterocycles. The molecule has 1 aromatic carbocycles. The van der Waals surface area contributed by atoms with Crippen LogP contribution in [-0.2, 0) is 37.4 Å². The molecule has 2 amide bonds. The summed E-state index contributed by atoms with van der Waals surface area (Å²) in [6, 6.07) is 9.05. The number of hydrogen-bond acceptors (Lipinski definition) is 8. The van der Waals surface area contributed by atoms with Gasteiger partial charge in [0, 0.05) is 12.7 Å². The third-order valence-corrected chi connectivity index (χ3v) is 6.37. The van der Waals surface area contributed by atoms with Gasteiger partial charge in [-0.25, -0.2) is 19.1 Å². The van der Waals surface area contributed by atoms with Crippen LogP contribution < -0.4 is 39.1 Å². The number of pyridine rings is 1. The highest BCUT2D eigenvalue weighted by Gasteiger charge is 2.25. The van der Waals surface area contributed by atoms with Crippen molar-refractivity contribution in [3.05, 3.63) is 64.5 Å². The highest BCUT2D eigenvalue weighted by molar-refractivity contribution is 6.31. The van der Waals surface area contributed by atoms with Gasteiger partial charge in [-0.1, -0.05) is 17.7 Å². The molecule has 14 heteroatoms. The van der Waals surface area contributed by atoms with Crippen molar-refractivity contribution in [3.8, 4) is 5.75 Å². The molecular weight excluding hydrogens is 545 g/mol. The number of amides is 2. The normalized spacial score (nSPS) is 10.7. The number of aromatic nitrogens is 5. The number of rotatable bonds is 9. The summed E-state index contributed by atoms with van der Waals surface area (Å²) >= 11 is 5.92. The number of imidazole rings is 1. The molecule has 39 heavy (non-hydrogen) atoms. The van der Waals surface area contributed by atoms with E-state index in [0.717, 1.165) is 22.4 Å². The van der Waals surface area contributed by atoms with Gasteiger partial charge >= 0.3 is 0 Å². The maximum Gasteiger partial charge on any atom is 0.277 e. The van der Waals surface area contributed by atoms with Crippen LogP contribution in [0.25, 0.3) is 11.0 Å². The molecule has 0 aliphatic carbocycles. The van der Waals surface area contributed by atoms with E-state index in [1.807, 2.05) is 32.0 Å². The summed E-state index contributed by atoms with van der Waals surface area (Å²) < 4.78 is 4.21. The second kappa shape index (κ2) is 12.6. The smallest absolute Gasteiger partial charge is 0.277 e. The summed E-state index contributed by atoms with van der Waals surface area (Å²) in [4.78, 5) is 37.1. The van der Waals surface area contributed by atoms with E-state index < -0.39 is 5.91 Å². The summed E-state index contributed by atoms with van der Waals surface area (Å²) in [7, 11) is 0. The van der Waals surface area contributed by atoms with E-state index in [2.05, 4.69) is 34.7 Å². The Morgan fingerprint density at radius 1 is 1.10 bits per heavy atom. The quantitative estimate of drug-likeness (QED) is 0.150. The first kappa shape index (κ1) is 29.4. The largest absolute Gasteiger partial charge is 1.00 e. The molecule has 0 radical (unpaired) electrons. The zero-order chi connectivity index (χ0) is 27.4. The van der Waals surface area contributed by atoms with Crippen LogP contribution in [0, 0.1) is 0 Å². The number of nitrogens with zero attached hydrogens (tertiary/aromatic N) is 5. The SMILES string of the molecule is CCn1c(CNC(=O)c2nc(Cl)c(N)nc2N)[n+](CC)c2ccc(CNC(=O)Cc3ncccc3O)cc21.[Cl-]. The lowest BCUT2D eigenvalue weighted by Gasteiger charge is -2.08. The Morgan fingerprint density at radius 2 is 1.87 bits per heavy atom. The lowest BCUT2D eigenvalue weighted by Crippen LogP contribution is -3.00. The molecule has 7 N–H and O–H groups in total. The number of fused-ring (bicyclic) bond motifs is 1. The highest BCUT2D eigenvalue weighted by Crippen LogP contribution is 2.20. The predicted molar refractivity (Wildman–Crippen MR) is 142 cm³/mol. The average Bonchev–Trinajstić information content (AvgIpc) is 3.21. The topological polar surface area (TPSA) is 178 Å². The van der Waals surface area contributed by atoms with Crippen LogP contribution in [0.3, 0.4) is 0 Å². The second-order valence-corrected chi connectivity index (χ2v) is 8.82. The number of halogens is 2. The molecule has 0 fully saturated rings. The molecule has 206 valence electrons. The third-order valence-electron chi connectivity index (χ3n) is 6.09. The van der Waals surface area contributed by atoms with Crippen molar-refractivity contribution >= 4 is 46.1 Å². The number of anilines is 2. The Balaban J connectivity index is 0.00000420. The maximum absolute atomic E-state index is 12.8. The van der Waals surface area contributed by atoms with Gasteiger partial charge in [-0.15, -0.1) is 0 Å². The molecule has 0 aliphatic rings. The van der Waals surface area contributed by atoms with Crippen molar-refractivity contribution in [1.82, 2.24) is 30.2 Å². The summed E-state index contributed by atoms with van der Waals surface area (Å²) in [6.07, 6.45) is 1.51. The van der Waals surface area contributed by atoms with Crippen LogP contribution in [0.5, 0.6) is 5.75 Å². The third kappa shape index (κ3) is 6.29. The Kier molecular flexibility index (Phi) is 9.49. The summed E-state index contributed by atoms with van der Waals surface area (Å²) in [5.74, 6) is -0.0516. The number of benzene rings is 1. The Hall–Kier alpha value is -4.16. The van der Waals surface area contributed by atoms with Gasteiger partial charge in [-0.2, -0.15) is 0 Å². The molecular formula is C25H29Cl2N9O3. The number of aromatic hydroxyl groups is 1. The van der Waals surface area contributed by atoms with Crippen molar-refractivity contribution in [1.29, 1.82) is 0 Å². The van der Waals surface area contributed by atoms with E-state index in [0.29, 0.717) is 25.3 Å². The van der Waals surface area contributed by atoms with Crippen LogP contribution in [0.1, 0.15) is 41.4 Å². The van der Waals surface area contributed by atoms with E-state index in [1.165, 1.54) is 12.3 Å². The van der Waals surface area contributed by atoms with Crippen LogP contribution in [0.15, 0.2) is 36.5 Å². The van der Waals surface area contributed by atoms with Gasteiger partial charge in [0.2, 0.25) is 5.91 Å². The fourth-order valence-electron chi connectivity index (χ4n) is 4.28. The minimum Gasteiger partial charge on any atom is -1.00 e. The molecule has 4 rings (SSSR count). The van der Waals surface area contributed by atoms with Crippen LogP contribution in [-0.4, -0.2) is 36.4 Å². The molecule has 0 saturated carbocycles. The minimum atomic E-state index is -0.519. The zero-order valence-corrected chi connectivity index (χ0v) is 22.9. The van der Waals surface area contributed by atoms with Crippen molar-refractivity contribution in [2.24, 2.45) is 0 Å². The Morgan fingerprint density at radius 3 is 2.56 bits per heavy atom. The number of carbonyl (C=O) groups is 2. The van der Waals surface area contributed by atoms with Crippen molar-refractivity contribution in [3.63, 3.8) is 0 Å². The first-order valence-electron chi connectivity index (χ1n) is 12.0. The van der Waals surface area contributed by atoms with E-state index in [9.17, 15) is 14.7 Å². The molecule has 4 aromatic rings. The minimum absolute atomic E-state index is 0. The fourth-order valence-corrected chi connectivity index (χ4v) is 4.40. The lowest BCUT2D eigenvalue weighted by atomic mass is 10.2. The molecule has 0 unspecified atom stereocenters. The van der Waals surface area contributed by atoms with E-state index >= 15 is 0 Å². The van der Waals surface area contributed by atoms with Gasteiger partial charge in [-0.05, 0) is 43.7 Å². The van der Waals surface area contributed by atoms with E-state index in [4.69, 9.17) is 23.1 Å². The Labute approximate surface area is 235 Å². The van der Waals surface area contributed by atoms with Crippen molar-refractivity contribution in [2.45, 2.75) is 46.4 Å². The molecule has 0 bridgehead atoms. The first-order valence-corrected chi connectivity index (χ1v) is 12.4. The highest BCUT2D eigenvalue weighted by atomic mass is 35.5. The number of carbonyl (C=O) groups excluding carboxylic acids is 2. The molecule has 0 spiro atoms. The Bertz CT molecular complexity index is 1520. The van der Waals surface area contributed by atoms with Gasteiger partial charge in [-0.3, -0.25) is 14.6 Å².